The van der Waals surface area contributed by atoms with E-state index in [1.807, 2.05) is 26.0 Å². The summed E-state index contributed by atoms with van der Waals surface area (Å²) in [5.74, 6) is 0.0921. The summed E-state index contributed by atoms with van der Waals surface area (Å²) in [6.45, 7) is 4.23. The number of carbonyl (C=O) groups is 1. The Labute approximate surface area is 160 Å². The van der Waals surface area contributed by atoms with Crippen LogP contribution in [-0.2, 0) is 4.79 Å². The molecule has 0 aliphatic rings. The molecule has 0 heterocycles. The third-order valence-electron chi connectivity index (χ3n) is 3.37. The van der Waals surface area contributed by atoms with Gasteiger partial charge in [-0.1, -0.05) is 33.6 Å². The van der Waals surface area contributed by atoms with E-state index in [4.69, 9.17) is 16.3 Å². The van der Waals surface area contributed by atoms with Crippen molar-refractivity contribution in [3.63, 3.8) is 0 Å². The van der Waals surface area contributed by atoms with Crippen molar-refractivity contribution >= 4 is 45.2 Å². The van der Waals surface area contributed by atoms with E-state index in [-0.39, 0.29) is 5.57 Å². The van der Waals surface area contributed by atoms with Gasteiger partial charge in [0.1, 0.15) is 17.4 Å². The molecule has 6 heteroatoms. The third kappa shape index (κ3) is 5.09. The minimum absolute atomic E-state index is 0.0317. The number of nitriles is 1. The number of nitrogens with one attached hydrogen (secondary N) is 1. The van der Waals surface area contributed by atoms with Gasteiger partial charge in [-0.25, -0.2) is 0 Å². The Balaban J connectivity index is 2.31. The van der Waals surface area contributed by atoms with E-state index >= 15 is 0 Å². The number of hydrogen-bond donors (Lipinski definition) is 1. The number of ether oxygens (including phenoxy) is 1. The van der Waals surface area contributed by atoms with Crippen molar-refractivity contribution < 1.29 is 9.53 Å². The van der Waals surface area contributed by atoms with E-state index in [2.05, 4.69) is 21.2 Å². The van der Waals surface area contributed by atoms with E-state index in [9.17, 15) is 10.1 Å². The second kappa shape index (κ2) is 8.70. The van der Waals surface area contributed by atoms with Crippen molar-refractivity contribution in [3.8, 4) is 11.8 Å². The van der Waals surface area contributed by atoms with Gasteiger partial charge in [-0.3, -0.25) is 4.79 Å². The molecule has 0 unspecified atom stereocenters. The molecule has 2 aromatic carbocycles. The number of rotatable bonds is 5. The second-order valence-corrected chi connectivity index (χ2v) is 6.53. The molecule has 2 rings (SSSR count). The van der Waals surface area contributed by atoms with Gasteiger partial charge >= 0.3 is 0 Å². The minimum atomic E-state index is -0.509. The molecule has 128 valence electrons. The van der Waals surface area contributed by atoms with Crippen LogP contribution in [0.4, 0.5) is 5.69 Å². The zero-order valence-electron chi connectivity index (χ0n) is 13.8. The molecule has 0 aromatic heterocycles. The van der Waals surface area contributed by atoms with E-state index in [1.54, 1.807) is 30.3 Å². The molecule has 0 spiro atoms. The zero-order chi connectivity index (χ0) is 18.4. The SMILES string of the molecule is CCOc1ccc(Br)cc1/C=C(/C#N)C(=O)Nc1ccc(C)c(Cl)c1. The molecular formula is C19H16BrClN2O2. The maximum atomic E-state index is 12.4. The van der Waals surface area contributed by atoms with Crippen LogP contribution in [0.2, 0.25) is 5.02 Å². The van der Waals surface area contributed by atoms with Crippen molar-refractivity contribution in [2.75, 3.05) is 11.9 Å². The van der Waals surface area contributed by atoms with Crippen LogP contribution in [-0.4, -0.2) is 12.5 Å². The zero-order valence-corrected chi connectivity index (χ0v) is 16.1. The van der Waals surface area contributed by atoms with E-state index in [0.29, 0.717) is 28.6 Å². The van der Waals surface area contributed by atoms with Gasteiger partial charge in [-0.05, 0) is 55.8 Å². The number of benzene rings is 2. The fourth-order valence-electron chi connectivity index (χ4n) is 2.09. The standard InChI is InChI=1S/C19H16BrClN2O2/c1-3-25-18-7-5-15(20)9-13(18)8-14(11-22)19(24)23-16-6-4-12(2)17(21)10-16/h4-10H,3H2,1-2H3,(H,23,24)/b14-8-. The van der Waals surface area contributed by atoms with Gasteiger partial charge in [0.2, 0.25) is 0 Å². The van der Waals surface area contributed by atoms with Gasteiger partial charge in [0, 0.05) is 20.7 Å². The van der Waals surface area contributed by atoms with Crippen molar-refractivity contribution in [2.24, 2.45) is 0 Å². The first-order valence-corrected chi connectivity index (χ1v) is 8.73. The van der Waals surface area contributed by atoms with Crippen LogP contribution in [0, 0.1) is 18.3 Å². The van der Waals surface area contributed by atoms with Crippen molar-refractivity contribution in [3.05, 3.63) is 62.6 Å². The Morgan fingerprint density at radius 3 is 2.76 bits per heavy atom. The summed E-state index contributed by atoms with van der Waals surface area (Å²) in [4.78, 5) is 12.4. The van der Waals surface area contributed by atoms with Crippen LogP contribution >= 0.6 is 27.5 Å². The molecule has 0 aliphatic carbocycles. The fourth-order valence-corrected chi connectivity index (χ4v) is 2.65. The molecule has 0 saturated carbocycles. The Bertz CT molecular complexity index is 872. The Hall–Kier alpha value is -2.29. The highest BCUT2D eigenvalue weighted by molar-refractivity contribution is 9.10. The van der Waals surface area contributed by atoms with Crippen molar-refractivity contribution in [1.82, 2.24) is 0 Å². The molecule has 0 bridgehead atoms. The third-order valence-corrected chi connectivity index (χ3v) is 4.27. The Morgan fingerprint density at radius 1 is 1.36 bits per heavy atom. The number of anilines is 1. The summed E-state index contributed by atoms with van der Waals surface area (Å²) in [7, 11) is 0. The quantitative estimate of drug-likeness (QED) is 0.524. The summed E-state index contributed by atoms with van der Waals surface area (Å²) in [6, 6.07) is 12.5. The maximum absolute atomic E-state index is 12.4. The highest BCUT2D eigenvalue weighted by Crippen LogP contribution is 2.26. The minimum Gasteiger partial charge on any atom is -0.493 e. The lowest BCUT2D eigenvalue weighted by Gasteiger charge is -2.09. The molecular weight excluding hydrogens is 404 g/mol. The number of nitrogens with zero attached hydrogens (tertiary/aromatic N) is 1. The van der Waals surface area contributed by atoms with Crippen LogP contribution in [0.15, 0.2) is 46.4 Å². The second-order valence-electron chi connectivity index (χ2n) is 5.20. The molecule has 1 amide bonds. The number of hydrogen-bond acceptors (Lipinski definition) is 3. The largest absolute Gasteiger partial charge is 0.493 e. The molecule has 1 N–H and O–H groups in total. The first-order valence-electron chi connectivity index (χ1n) is 7.56. The lowest BCUT2D eigenvalue weighted by molar-refractivity contribution is -0.112. The number of carbonyl (C=O) groups excluding carboxylic acids is 1. The van der Waals surface area contributed by atoms with Gasteiger partial charge in [0.25, 0.3) is 5.91 Å². The predicted molar refractivity (Wildman–Crippen MR) is 104 cm³/mol. The normalized spacial score (nSPS) is 10.9. The summed E-state index contributed by atoms with van der Waals surface area (Å²) >= 11 is 9.44. The molecule has 0 radical (unpaired) electrons. The van der Waals surface area contributed by atoms with Gasteiger partial charge < -0.3 is 10.1 Å². The summed E-state index contributed by atoms with van der Waals surface area (Å²) < 4.78 is 6.36. The van der Waals surface area contributed by atoms with E-state index in [0.717, 1.165) is 10.0 Å². The average Bonchev–Trinajstić information content (AvgIpc) is 2.58. The number of amides is 1. The molecule has 4 nitrogen and oxygen atoms in total. The molecule has 2 aromatic rings. The first-order chi connectivity index (χ1) is 11.9. The van der Waals surface area contributed by atoms with Gasteiger partial charge in [0.15, 0.2) is 0 Å². The number of aryl methyl sites for hydroxylation is 1. The van der Waals surface area contributed by atoms with Crippen LogP contribution in [0.5, 0.6) is 5.75 Å². The molecule has 0 fully saturated rings. The molecule has 0 atom stereocenters. The topological polar surface area (TPSA) is 62.1 Å². The van der Waals surface area contributed by atoms with Crippen LogP contribution in [0.3, 0.4) is 0 Å². The number of halogens is 2. The van der Waals surface area contributed by atoms with Gasteiger partial charge in [0.05, 0.1) is 6.61 Å². The monoisotopic (exact) mass is 418 g/mol. The van der Waals surface area contributed by atoms with Crippen molar-refractivity contribution in [1.29, 1.82) is 5.26 Å². The molecule has 0 aliphatic heterocycles. The van der Waals surface area contributed by atoms with Gasteiger partial charge in [-0.2, -0.15) is 5.26 Å². The van der Waals surface area contributed by atoms with Gasteiger partial charge in [-0.15, -0.1) is 0 Å². The Kier molecular flexibility index (Phi) is 6.63. The summed E-state index contributed by atoms with van der Waals surface area (Å²) in [5.41, 5.74) is 2.05. The highest BCUT2D eigenvalue weighted by Gasteiger charge is 2.12. The maximum Gasteiger partial charge on any atom is 0.266 e. The Morgan fingerprint density at radius 2 is 2.12 bits per heavy atom. The van der Waals surface area contributed by atoms with Crippen molar-refractivity contribution in [2.45, 2.75) is 13.8 Å². The lowest BCUT2D eigenvalue weighted by atomic mass is 10.1. The predicted octanol–water partition coefficient (Wildman–Crippen LogP) is 5.36. The molecule has 0 saturated heterocycles. The molecule has 25 heavy (non-hydrogen) atoms. The van der Waals surface area contributed by atoms with Crippen LogP contribution in [0.25, 0.3) is 6.08 Å². The summed E-state index contributed by atoms with van der Waals surface area (Å²) in [5, 5.41) is 12.6. The summed E-state index contributed by atoms with van der Waals surface area (Å²) in [6.07, 6.45) is 1.50. The fraction of sp³-hybridized carbons (Fsp3) is 0.158. The highest BCUT2D eigenvalue weighted by atomic mass is 79.9. The smallest absolute Gasteiger partial charge is 0.266 e. The van der Waals surface area contributed by atoms with E-state index < -0.39 is 5.91 Å². The average molecular weight is 420 g/mol. The van der Waals surface area contributed by atoms with Crippen LogP contribution in [0.1, 0.15) is 18.1 Å². The van der Waals surface area contributed by atoms with Crippen LogP contribution < -0.4 is 10.1 Å². The van der Waals surface area contributed by atoms with E-state index in [1.165, 1.54) is 6.08 Å². The first kappa shape index (κ1) is 19.0. The lowest BCUT2D eigenvalue weighted by Crippen LogP contribution is -2.13.